The molecule has 1 N–H and O–H groups in total. The standard InChI is InChI=1S/C14H13NO6S/c1-7(13(17)18)21-11-8(4-3-5-9(11)20-2)6-10-12(16)15-14(19)22-10/h3-7H,1-2H3,(H,17,18)(H,15,16,19)/p-1/b10-6+/t7-/m1/s1. The number of hydrogen-bond acceptors (Lipinski definition) is 7. The van der Waals surface area contributed by atoms with Gasteiger partial charge in [-0.2, -0.15) is 0 Å². The Labute approximate surface area is 130 Å². The molecule has 0 radical (unpaired) electrons. The van der Waals surface area contributed by atoms with Gasteiger partial charge in [-0.3, -0.25) is 14.9 Å². The van der Waals surface area contributed by atoms with Gasteiger partial charge in [-0.1, -0.05) is 12.1 Å². The number of carboxylic acids is 1. The number of thioether (sulfide) groups is 1. The summed E-state index contributed by atoms with van der Waals surface area (Å²) in [7, 11) is 1.41. The first-order valence-corrected chi connectivity index (χ1v) is 7.03. The van der Waals surface area contributed by atoms with Gasteiger partial charge in [0.25, 0.3) is 11.1 Å². The summed E-state index contributed by atoms with van der Waals surface area (Å²) in [5.74, 6) is -1.44. The second-order valence-electron chi connectivity index (χ2n) is 4.31. The zero-order valence-electron chi connectivity index (χ0n) is 11.7. The molecule has 22 heavy (non-hydrogen) atoms. The molecule has 2 amide bonds. The van der Waals surface area contributed by atoms with Gasteiger partial charge in [-0.25, -0.2) is 0 Å². The zero-order chi connectivity index (χ0) is 16.3. The highest BCUT2D eigenvalue weighted by atomic mass is 32.2. The van der Waals surface area contributed by atoms with Crippen molar-refractivity contribution in [3.05, 3.63) is 28.7 Å². The quantitative estimate of drug-likeness (QED) is 0.789. The van der Waals surface area contributed by atoms with Crippen LogP contribution in [0.4, 0.5) is 4.79 Å². The molecule has 1 aromatic carbocycles. The molecule has 1 atom stereocenters. The molecule has 0 saturated carbocycles. The van der Waals surface area contributed by atoms with E-state index >= 15 is 0 Å². The number of nitrogens with one attached hydrogen (secondary N) is 1. The molecular formula is C14H12NO6S-. The molecule has 1 heterocycles. The van der Waals surface area contributed by atoms with Crippen LogP contribution in [0.15, 0.2) is 23.1 Å². The predicted molar refractivity (Wildman–Crippen MR) is 77.2 cm³/mol. The largest absolute Gasteiger partial charge is 0.546 e. The second kappa shape index (κ2) is 6.52. The smallest absolute Gasteiger partial charge is 0.290 e. The first-order valence-electron chi connectivity index (χ1n) is 6.21. The van der Waals surface area contributed by atoms with E-state index in [0.717, 1.165) is 11.8 Å². The van der Waals surface area contributed by atoms with Gasteiger partial charge in [0.05, 0.1) is 18.0 Å². The van der Waals surface area contributed by atoms with Crippen molar-refractivity contribution in [1.29, 1.82) is 0 Å². The lowest BCUT2D eigenvalue weighted by atomic mass is 10.1. The average molecular weight is 322 g/mol. The summed E-state index contributed by atoms with van der Waals surface area (Å²) in [5.41, 5.74) is 0.416. The van der Waals surface area contributed by atoms with E-state index in [2.05, 4.69) is 5.32 Å². The Morgan fingerprint density at radius 2 is 2.14 bits per heavy atom. The summed E-state index contributed by atoms with van der Waals surface area (Å²) < 4.78 is 10.5. The normalized spacial score (nSPS) is 17.3. The Kier molecular flexibility index (Phi) is 4.71. The van der Waals surface area contributed by atoms with E-state index in [1.807, 2.05) is 0 Å². The molecule has 0 unspecified atom stereocenters. The van der Waals surface area contributed by atoms with Gasteiger partial charge in [0, 0.05) is 5.56 Å². The lowest BCUT2D eigenvalue weighted by molar-refractivity contribution is -0.312. The summed E-state index contributed by atoms with van der Waals surface area (Å²) in [6, 6.07) is 4.86. The molecule has 0 spiro atoms. The van der Waals surface area contributed by atoms with Crippen molar-refractivity contribution < 1.29 is 29.0 Å². The third-order valence-corrected chi connectivity index (χ3v) is 3.60. The van der Waals surface area contributed by atoms with Crippen LogP contribution in [0, 0.1) is 0 Å². The molecule has 1 fully saturated rings. The van der Waals surface area contributed by atoms with Crippen molar-refractivity contribution in [2.45, 2.75) is 13.0 Å². The van der Waals surface area contributed by atoms with Crippen molar-refractivity contribution >= 4 is 35.0 Å². The molecule has 0 aromatic heterocycles. The number of imide groups is 1. The zero-order valence-corrected chi connectivity index (χ0v) is 12.6. The van der Waals surface area contributed by atoms with E-state index < -0.39 is 23.2 Å². The maximum absolute atomic E-state index is 11.6. The van der Waals surface area contributed by atoms with Gasteiger partial charge in [0.1, 0.15) is 6.10 Å². The minimum Gasteiger partial charge on any atom is -0.546 e. The van der Waals surface area contributed by atoms with Gasteiger partial charge >= 0.3 is 0 Å². The van der Waals surface area contributed by atoms with Crippen molar-refractivity contribution in [3.8, 4) is 11.5 Å². The minimum absolute atomic E-state index is 0.155. The van der Waals surface area contributed by atoms with Crippen molar-refractivity contribution in [1.82, 2.24) is 5.32 Å². The Balaban J connectivity index is 2.43. The lowest BCUT2D eigenvalue weighted by Crippen LogP contribution is -2.37. The summed E-state index contributed by atoms with van der Waals surface area (Å²) in [4.78, 5) is 33.8. The molecule has 1 aromatic rings. The van der Waals surface area contributed by atoms with Gasteiger partial charge < -0.3 is 19.4 Å². The van der Waals surface area contributed by atoms with Crippen LogP contribution in [0.5, 0.6) is 11.5 Å². The predicted octanol–water partition coefficient (Wildman–Crippen LogP) is 0.536. The fourth-order valence-corrected chi connectivity index (χ4v) is 2.39. The minimum atomic E-state index is -1.38. The number of hydrogen-bond donors (Lipinski definition) is 1. The fraction of sp³-hybridized carbons (Fsp3) is 0.214. The highest BCUT2D eigenvalue weighted by Gasteiger charge is 2.26. The van der Waals surface area contributed by atoms with Crippen LogP contribution in [0.3, 0.4) is 0 Å². The molecule has 2 rings (SSSR count). The van der Waals surface area contributed by atoms with E-state index in [1.165, 1.54) is 20.1 Å². The molecule has 1 saturated heterocycles. The van der Waals surface area contributed by atoms with E-state index in [1.54, 1.807) is 18.2 Å². The van der Waals surface area contributed by atoms with E-state index in [9.17, 15) is 19.5 Å². The average Bonchev–Trinajstić information content (AvgIpc) is 2.78. The summed E-state index contributed by atoms with van der Waals surface area (Å²) in [6.07, 6.45) is 0.227. The molecule has 116 valence electrons. The summed E-state index contributed by atoms with van der Waals surface area (Å²) in [5, 5.41) is 12.5. The Morgan fingerprint density at radius 1 is 1.41 bits per heavy atom. The van der Waals surface area contributed by atoms with Crippen molar-refractivity contribution in [2.75, 3.05) is 7.11 Å². The maximum atomic E-state index is 11.6. The number of aliphatic carboxylic acids is 1. The van der Waals surface area contributed by atoms with Crippen LogP contribution in [-0.2, 0) is 9.59 Å². The van der Waals surface area contributed by atoms with Gasteiger partial charge in [0.15, 0.2) is 11.5 Å². The number of carbonyl (C=O) groups excluding carboxylic acids is 3. The number of amides is 2. The van der Waals surface area contributed by atoms with Crippen molar-refractivity contribution in [2.24, 2.45) is 0 Å². The first-order chi connectivity index (χ1) is 10.4. The Morgan fingerprint density at radius 3 is 2.68 bits per heavy atom. The van der Waals surface area contributed by atoms with Crippen LogP contribution in [0.1, 0.15) is 12.5 Å². The van der Waals surface area contributed by atoms with Gasteiger partial charge in [-0.15, -0.1) is 0 Å². The van der Waals surface area contributed by atoms with Crippen LogP contribution in [-0.4, -0.2) is 30.3 Å². The molecular weight excluding hydrogens is 310 g/mol. The Hall–Kier alpha value is -2.48. The van der Waals surface area contributed by atoms with Crippen LogP contribution < -0.4 is 19.9 Å². The van der Waals surface area contributed by atoms with Gasteiger partial charge in [0.2, 0.25) is 0 Å². The van der Waals surface area contributed by atoms with E-state index in [-0.39, 0.29) is 10.7 Å². The topological polar surface area (TPSA) is 105 Å². The number of benzene rings is 1. The second-order valence-corrected chi connectivity index (χ2v) is 5.32. The fourth-order valence-electron chi connectivity index (χ4n) is 1.72. The number of carbonyl (C=O) groups is 3. The molecule has 1 aliphatic rings. The van der Waals surface area contributed by atoms with E-state index in [0.29, 0.717) is 11.3 Å². The first kappa shape index (κ1) is 15.9. The Bertz CT molecular complexity index is 669. The van der Waals surface area contributed by atoms with Crippen LogP contribution in [0.25, 0.3) is 6.08 Å². The summed E-state index contributed by atoms with van der Waals surface area (Å²) >= 11 is 0.752. The van der Waals surface area contributed by atoms with Crippen LogP contribution in [0.2, 0.25) is 0 Å². The number of ether oxygens (including phenoxy) is 2. The van der Waals surface area contributed by atoms with Crippen molar-refractivity contribution in [3.63, 3.8) is 0 Å². The highest BCUT2D eigenvalue weighted by Crippen LogP contribution is 2.35. The van der Waals surface area contributed by atoms with Crippen LogP contribution >= 0.6 is 11.8 Å². The van der Waals surface area contributed by atoms with E-state index in [4.69, 9.17) is 9.47 Å². The molecule has 0 aliphatic carbocycles. The SMILES string of the molecule is COc1cccc(/C=C2/SC(=O)NC2=O)c1O[C@H](C)C(=O)[O-]. The monoisotopic (exact) mass is 322 g/mol. The molecule has 8 heteroatoms. The molecule has 1 aliphatic heterocycles. The highest BCUT2D eigenvalue weighted by molar-refractivity contribution is 8.18. The number of carboxylic acid groups (broad SMARTS) is 1. The summed E-state index contributed by atoms with van der Waals surface area (Å²) in [6.45, 7) is 1.32. The third kappa shape index (κ3) is 3.40. The lowest BCUT2D eigenvalue weighted by Gasteiger charge is -2.19. The number of para-hydroxylation sites is 1. The maximum Gasteiger partial charge on any atom is 0.290 e. The molecule has 7 nitrogen and oxygen atoms in total. The third-order valence-electron chi connectivity index (χ3n) is 2.78. The molecule has 0 bridgehead atoms. The van der Waals surface area contributed by atoms with Gasteiger partial charge in [-0.05, 0) is 30.8 Å². The number of methoxy groups -OCH3 is 1. The number of rotatable bonds is 5.